The van der Waals surface area contributed by atoms with Gasteiger partial charge >= 0.3 is 0 Å². The predicted octanol–water partition coefficient (Wildman–Crippen LogP) is 1.19. The number of carbonyl (C=O) groups is 1. The average molecular weight is 235 g/mol. The van der Waals surface area contributed by atoms with Gasteiger partial charge in [0.25, 0.3) is 0 Å². The molecule has 0 amide bonds. The van der Waals surface area contributed by atoms with Crippen molar-refractivity contribution in [3.63, 3.8) is 0 Å². The molecular weight excluding hydrogens is 225 g/mol. The summed E-state index contributed by atoms with van der Waals surface area (Å²) in [5, 5.41) is 7.20. The summed E-state index contributed by atoms with van der Waals surface area (Å²) in [5.41, 5.74) is 0.199. The molecule has 17 heavy (non-hydrogen) atoms. The van der Waals surface area contributed by atoms with Crippen LogP contribution in [0, 0.1) is 5.82 Å². The lowest BCUT2D eigenvalue weighted by molar-refractivity contribution is 0.102. The van der Waals surface area contributed by atoms with E-state index in [1.165, 1.54) is 30.1 Å². The molecule has 1 aromatic carbocycles. The van der Waals surface area contributed by atoms with E-state index in [1.807, 2.05) is 0 Å². The molecule has 88 valence electrons. The number of halogens is 1. The third kappa shape index (κ3) is 2.01. The summed E-state index contributed by atoms with van der Waals surface area (Å²) in [5.74, 6) is -0.726. The normalized spacial score (nSPS) is 10.3. The summed E-state index contributed by atoms with van der Waals surface area (Å²) in [6.07, 6.45) is 1.30. The molecule has 0 fully saturated rings. The van der Waals surface area contributed by atoms with Gasteiger partial charge in [0.1, 0.15) is 17.3 Å². The van der Waals surface area contributed by atoms with Crippen molar-refractivity contribution in [3.8, 4) is 5.75 Å². The Bertz CT molecular complexity index is 566. The highest BCUT2D eigenvalue weighted by Gasteiger charge is 2.17. The molecule has 0 saturated heterocycles. The summed E-state index contributed by atoms with van der Waals surface area (Å²) in [4.78, 5) is 12.0. The van der Waals surface area contributed by atoms with Crippen LogP contribution in [0.5, 0.6) is 5.75 Å². The maximum absolute atomic E-state index is 13.7. The number of hydrogen-bond donors (Lipinski definition) is 0. The van der Waals surface area contributed by atoms with Gasteiger partial charge in [-0.3, -0.25) is 4.79 Å². The lowest BCUT2D eigenvalue weighted by Crippen LogP contribution is -2.10. The summed E-state index contributed by atoms with van der Waals surface area (Å²) < 4.78 is 19.8. The van der Waals surface area contributed by atoms with E-state index in [9.17, 15) is 9.18 Å². The highest BCUT2D eigenvalue weighted by atomic mass is 19.1. The number of nitrogens with zero attached hydrogens (tertiary/aromatic N) is 3. The van der Waals surface area contributed by atoms with Crippen molar-refractivity contribution in [2.75, 3.05) is 7.11 Å². The largest absolute Gasteiger partial charge is 0.497 e. The lowest BCUT2D eigenvalue weighted by atomic mass is 10.1. The van der Waals surface area contributed by atoms with Gasteiger partial charge in [-0.1, -0.05) is 5.21 Å². The molecule has 0 atom stereocenters. The molecule has 0 aliphatic heterocycles. The second-order valence-corrected chi connectivity index (χ2v) is 3.42. The second-order valence-electron chi connectivity index (χ2n) is 3.42. The van der Waals surface area contributed by atoms with Crippen LogP contribution in [0.2, 0.25) is 0 Å². The van der Waals surface area contributed by atoms with E-state index in [0.29, 0.717) is 5.75 Å². The first-order chi connectivity index (χ1) is 8.13. The molecule has 5 nitrogen and oxygen atoms in total. The van der Waals surface area contributed by atoms with Gasteiger partial charge in [-0.15, -0.1) is 5.10 Å². The SMILES string of the molecule is COc1ccc(C(=O)c2cnnn2C)c(F)c1. The van der Waals surface area contributed by atoms with Crippen molar-refractivity contribution in [2.45, 2.75) is 0 Å². The Morgan fingerprint density at radius 1 is 1.47 bits per heavy atom. The number of ketones is 1. The molecule has 2 aromatic rings. The number of methoxy groups -OCH3 is 1. The molecule has 0 bridgehead atoms. The van der Waals surface area contributed by atoms with Crippen LogP contribution >= 0.6 is 0 Å². The van der Waals surface area contributed by atoms with E-state index < -0.39 is 11.6 Å². The van der Waals surface area contributed by atoms with E-state index in [-0.39, 0.29) is 11.3 Å². The summed E-state index contributed by atoms with van der Waals surface area (Å²) in [7, 11) is 3.00. The Hall–Kier alpha value is -2.24. The molecule has 1 heterocycles. The van der Waals surface area contributed by atoms with E-state index in [2.05, 4.69) is 10.3 Å². The van der Waals surface area contributed by atoms with Crippen LogP contribution in [0.4, 0.5) is 4.39 Å². The maximum atomic E-state index is 13.7. The van der Waals surface area contributed by atoms with Gasteiger partial charge in [0.2, 0.25) is 5.78 Å². The van der Waals surface area contributed by atoms with Crippen molar-refractivity contribution in [2.24, 2.45) is 7.05 Å². The zero-order valence-corrected chi connectivity index (χ0v) is 9.35. The van der Waals surface area contributed by atoms with Crippen LogP contribution < -0.4 is 4.74 Å². The highest BCUT2D eigenvalue weighted by Crippen LogP contribution is 2.18. The van der Waals surface area contributed by atoms with Gasteiger partial charge in [-0.25, -0.2) is 9.07 Å². The Kier molecular flexibility index (Phi) is 2.86. The van der Waals surface area contributed by atoms with Gasteiger partial charge in [-0.05, 0) is 12.1 Å². The van der Waals surface area contributed by atoms with Gasteiger partial charge < -0.3 is 4.74 Å². The van der Waals surface area contributed by atoms with Crippen molar-refractivity contribution >= 4 is 5.78 Å². The third-order valence-corrected chi connectivity index (χ3v) is 2.37. The zero-order chi connectivity index (χ0) is 12.4. The van der Waals surface area contributed by atoms with Crippen molar-refractivity contribution < 1.29 is 13.9 Å². The second kappa shape index (κ2) is 4.32. The van der Waals surface area contributed by atoms with E-state index in [0.717, 1.165) is 6.07 Å². The number of hydrogen-bond acceptors (Lipinski definition) is 4. The molecule has 1 aromatic heterocycles. The van der Waals surface area contributed by atoms with E-state index in [4.69, 9.17) is 4.74 Å². The number of aryl methyl sites for hydroxylation is 1. The summed E-state index contributed by atoms with van der Waals surface area (Å²) in [6, 6.07) is 4.07. The number of carbonyl (C=O) groups excluding carboxylic acids is 1. The highest BCUT2D eigenvalue weighted by molar-refractivity contribution is 6.07. The van der Waals surface area contributed by atoms with Gasteiger partial charge in [-0.2, -0.15) is 0 Å². The first-order valence-corrected chi connectivity index (χ1v) is 4.86. The first kappa shape index (κ1) is 11.3. The molecule has 6 heteroatoms. The minimum absolute atomic E-state index is 0.0313. The lowest BCUT2D eigenvalue weighted by Gasteiger charge is -2.04. The molecule has 0 radical (unpaired) electrons. The number of rotatable bonds is 3. The van der Waals surface area contributed by atoms with Crippen LogP contribution in [-0.4, -0.2) is 27.9 Å². The molecule has 0 spiro atoms. The van der Waals surface area contributed by atoms with Crippen LogP contribution in [-0.2, 0) is 7.05 Å². The summed E-state index contributed by atoms with van der Waals surface area (Å²) in [6.45, 7) is 0. The van der Waals surface area contributed by atoms with Crippen molar-refractivity contribution in [1.82, 2.24) is 15.0 Å². The van der Waals surface area contributed by atoms with Crippen molar-refractivity contribution in [1.29, 1.82) is 0 Å². The topological polar surface area (TPSA) is 57.0 Å². The Morgan fingerprint density at radius 3 is 2.76 bits per heavy atom. The molecule has 0 unspecified atom stereocenters. The third-order valence-electron chi connectivity index (χ3n) is 2.37. The van der Waals surface area contributed by atoms with Gasteiger partial charge in [0.05, 0.1) is 18.9 Å². The Morgan fingerprint density at radius 2 is 2.24 bits per heavy atom. The molecule has 0 saturated carbocycles. The van der Waals surface area contributed by atoms with Gasteiger partial charge in [0, 0.05) is 13.1 Å². The number of aromatic nitrogens is 3. The van der Waals surface area contributed by atoms with Crippen LogP contribution in [0.3, 0.4) is 0 Å². The standard InChI is InChI=1S/C11H10FN3O2/c1-15-10(6-13-14-15)11(16)8-4-3-7(17-2)5-9(8)12/h3-6H,1-2H3. The summed E-state index contributed by atoms with van der Waals surface area (Å²) >= 11 is 0. The van der Waals surface area contributed by atoms with Crippen LogP contribution in [0.1, 0.15) is 16.1 Å². The first-order valence-electron chi connectivity index (χ1n) is 4.86. The van der Waals surface area contributed by atoms with Crippen LogP contribution in [0.25, 0.3) is 0 Å². The minimum Gasteiger partial charge on any atom is -0.497 e. The zero-order valence-electron chi connectivity index (χ0n) is 9.35. The molecule has 0 aliphatic rings. The minimum atomic E-state index is -0.629. The fourth-order valence-corrected chi connectivity index (χ4v) is 1.44. The van der Waals surface area contributed by atoms with Gasteiger partial charge in [0.15, 0.2) is 0 Å². The average Bonchev–Trinajstić information content (AvgIpc) is 2.74. The Balaban J connectivity index is 2.41. The number of ether oxygens (including phenoxy) is 1. The molecule has 0 aliphatic carbocycles. The van der Waals surface area contributed by atoms with Crippen LogP contribution in [0.15, 0.2) is 24.4 Å². The number of benzene rings is 1. The fourth-order valence-electron chi connectivity index (χ4n) is 1.44. The van der Waals surface area contributed by atoms with E-state index >= 15 is 0 Å². The molecule has 0 N–H and O–H groups in total. The monoisotopic (exact) mass is 235 g/mol. The fraction of sp³-hybridized carbons (Fsp3) is 0.182. The molecular formula is C11H10FN3O2. The maximum Gasteiger partial charge on any atom is 0.215 e. The smallest absolute Gasteiger partial charge is 0.215 e. The predicted molar refractivity (Wildman–Crippen MR) is 57.4 cm³/mol. The Labute approximate surface area is 96.8 Å². The van der Waals surface area contributed by atoms with Crippen molar-refractivity contribution in [3.05, 3.63) is 41.5 Å². The van der Waals surface area contributed by atoms with E-state index in [1.54, 1.807) is 7.05 Å². The molecule has 2 rings (SSSR count). The quantitative estimate of drug-likeness (QED) is 0.750.